The highest BCUT2D eigenvalue weighted by atomic mass is 15.1. The SMILES string of the molecule is C[C@H](CCN1CCc2nc([C@@H]3CCNC3)ncc2C1)c1ccccc1. The van der Waals surface area contributed by atoms with Crippen LogP contribution in [0.5, 0.6) is 0 Å². The standard InChI is InChI=1S/C21H28N4/c1-16(17-5-3-2-4-6-17)8-11-25-12-9-20-19(15-25)14-23-21(24-20)18-7-10-22-13-18/h2-6,14,16,18,22H,7-13,15H2,1H3/t16-,18-/m1/s1. The molecule has 4 heteroatoms. The summed E-state index contributed by atoms with van der Waals surface area (Å²) in [4.78, 5) is 12.1. The predicted molar refractivity (Wildman–Crippen MR) is 101 cm³/mol. The molecule has 0 spiro atoms. The number of hydrogen-bond donors (Lipinski definition) is 1. The highest BCUT2D eigenvalue weighted by Gasteiger charge is 2.23. The zero-order chi connectivity index (χ0) is 17.1. The quantitative estimate of drug-likeness (QED) is 0.911. The lowest BCUT2D eigenvalue weighted by Crippen LogP contribution is -2.33. The Morgan fingerprint density at radius 2 is 2.16 bits per heavy atom. The van der Waals surface area contributed by atoms with E-state index in [1.165, 1.54) is 29.7 Å². The minimum absolute atomic E-state index is 0.509. The van der Waals surface area contributed by atoms with Crippen molar-refractivity contribution in [3.05, 3.63) is 59.2 Å². The molecule has 1 aromatic carbocycles. The maximum absolute atomic E-state index is 4.89. The molecule has 3 heterocycles. The maximum Gasteiger partial charge on any atom is 0.132 e. The van der Waals surface area contributed by atoms with Gasteiger partial charge in [0, 0.05) is 49.4 Å². The highest BCUT2D eigenvalue weighted by Crippen LogP contribution is 2.24. The third kappa shape index (κ3) is 3.91. The van der Waals surface area contributed by atoms with E-state index in [1.54, 1.807) is 0 Å². The Morgan fingerprint density at radius 3 is 2.96 bits per heavy atom. The van der Waals surface area contributed by atoms with Gasteiger partial charge in [0.25, 0.3) is 0 Å². The van der Waals surface area contributed by atoms with Crippen molar-refractivity contribution in [2.45, 2.75) is 44.6 Å². The lowest BCUT2D eigenvalue weighted by molar-refractivity contribution is 0.242. The van der Waals surface area contributed by atoms with Gasteiger partial charge in [-0.3, -0.25) is 4.90 Å². The fourth-order valence-electron chi connectivity index (χ4n) is 3.98. The Bertz CT molecular complexity index is 694. The molecule has 2 atom stereocenters. The van der Waals surface area contributed by atoms with Crippen molar-refractivity contribution >= 4 is 0 Å². The van der Waals surface area contributed by atoms with Gasteiger partial charge in [-0.2, -0.15) is 0 Å². The summed E-state index contributed by atoms with van der Waals surface area (Å²) in [5, 5.41) is 3.41. The number of nitrogens with one attached hydrogen (secondary N) is 1. The molecule has 0 radical (unpaired) electrons. The Morgan fingerprint density at radius 1 is 1.28 bits per heavy atom. The van der Waals surface area contributed by atoms with Crippen molar-refractivity contribution in [1.82, 2.24) is 20.2 Å². The average molecular weight is 336 g/mol. The molecule has 1 saturated heterocycles. The number of hydrogen-bond acceptors (Lipinski definition) is 4. The van der Waals surface area contributed by atoms with Crippen LogP contribution in [0.4, 0.5) is 0 Å². The first kappa shape index (κ1) is 16.7. The minimum Gasteiger partial charge on any atom is -0.316 e. The van der Waals surface area contributed by atoms with Crippen molar-refractivity contribution in [2.75, 3.05) is 26.2 Å². The van der Waals surface area contributed by atoms with Gasteiger partial charge in [0.1, 0.15) is 5.82 Å². The Hall–Kier alpha value is -1.78. The van der Waals surface area contributed by atoms with Crippen molar-refractivity contribution in [3.8, 4) is 0 Å². The molecular formula is C21H28N4. The van der Waals surface area contributed by atoms with Crippen LogP contribution >= 0.6 is 0 Å². The van der Waals surface area contributed by atoms with Crippen LogP contribution in [0.2, 0.25) is 0 Å². The molecule has 0 saturated carbocycles. The van der Waals surface area contributed by atoms with E-state index in [9.17, 15) is 0 Å². The first-order valence-corrected chi connectivity index (χ1v) is 9.62. The summed E-state index contributed by atoms with van der Waals surface area (Å²) in [5.41, 5.74) is 4.05. The first-order chi connectivity index (χ1) is 12.3. The molecule has 2 aliphatic rings. The molecule has 0 amide bonds. The van der Waals surface area contributed by atoms with Crippen LogP contribution in [0.15, 0.2) is 36.5 Å². The summed E-state index contributed by atoms with van der Waals surface area (Å²) < 4.78 is 0. The van der Waals surface area contributed by atoms with E-state index in [1.807, 2.05) is 0 Å². The lowest BCUT2D eigenvalue weighted by Gasteiger charge is -2.29. The van der Waals surface area contributed by atoms with E-state index in [4.69, 9.17) is 4.98 Å². The van der Waals surface area contributed by atoms with Gasteiger partial charge in [0.15, 0.2) is 0 Å². The van der Waals surface area contributed by atoms with Crippen LogP contribution in [-0.2, 0) is 13.0 Å². The molecule has 132 valence electrons. The molecule has 2 aliphatic heterocycles. The van der Waals surface area contributed by atoms with Crippen LogP contribution in [0, 0.1) is 0 Å². The summed E-state index contributed by atoms with van der Waals surface area (Å²) in [6.07, 6.45) is 5.52. The summed E-state index contributed by atoms with van der Waals surface area (Å²) in [5.74, 6) is 2.17. The van der Waals surface area contributed by atoms with Crippen molar-refractivity contribution < 1.29 is 0 Å². The van der Waals surface area contributed by atoms with E-state index in [0.29, 0.717) is 11.8 Å². The second-order valence-corrected chi connectivity index (χ2v) is 7.52. The maximum atomic E-state index is 4.89. The Kier molecular flexibility index (Phi) is 5.09. The fourth-order valence-corrected chi connectivity index (χ4v) is 3.98. The molecule has 0 unspecified atom stereocenters. The topological polar surface area (TPSA) is 41.1 Å². The molecule has 1 fully saturated rings. The predicted octanol–water partition coefficient (Wildman–Crippen LogP) is 3.11. The fraction of sp³-hybridized carbons (Fsp3) is 0.524. The summed E-state index contributed by atoms with van der Waals surface area (Å²) >= 11 is 0. The van der Waals surface area contributed by atoms with Crippen molar-refractivity contribution in [3.63, 3.8) is 0 Å². The smallest absolute Gasteiger partial charge is 0.132 e. The van der Waals surface area contributed by atoms with Gasteiger partial charge in [-0.25, -0.2) is 9.97 Å². The third-order valence-corrected chi connectivity index (χ3v) is 5.70. The van der Waals surface area contributed by atoms with E-state index in [2.05, 4.69) is 58.7 Å². The highest BCUT2D eigenvalue weighted by molar-refractivity contribution is 5.22. The zero-order valence-corrected chi connectivity index (χ0v) is 15.1. The Balaban J connectivity index is 1.35. The largest absolute Gasteiger partial charge is 0.316 e. The van der Waals surface area contributed by atoms with E-state index in [-0.39, 0.29) is 0 Å². The number of fused-ring (bicyclic) bond motifs is 1. The van der Waals surface area contributed by atoms with Gasteiger partial charge < -0.3 is 5.32 Å². The van der Waals surface area contributed by atoms with Gasteiger partial charge in [-0.15, -0.1) is 0 Å². The second kappa shape index (κ2) is 7.63. The van der Waals surface area contributed by atoms with Crippen LogP contribution in [0.3, 0.4) is 0 Å². The van der Waals surface area contributed by atoms with Crippen molar-refractivity contribution in [1.29, 1.82) is 0 Å². The number of benzene rings is 1. The molecule has 25 heavy (non-hydrogen) atoms. The second-order valence-electron chi connectivity index (χ2n) is 7.52. The van der Waals surface area contributed by atoms with E-state index < -0.39 is 0 Å². The Labute approximate surface area is 150 Å². The van der Waals surface area contributed by atoms with Gasteiger partial charge in [0.05, 0.1) is 0 Å². The monoisotopic (exact) mass is 336 g/mol. The molecule has 4 rings (SSSR count). The number of rotatable bonds is 5. The molecule has 0 bridgehead atoms. The molecule has 4 nitrogen and oxygen atoms in total. The van der Waals surface area contributed by atoms with Crippen molar-refractivity contribution in [2.24, 2.45) is 0 Å². The van der Waals surface area contributed by atoms with Crippen LogP contribution in [0.25, 0.3) is 0 Å². The van der Waals surface area contributed by atoms with Crippen LogP contribution in [-0.4, -0.2) is 41.0 Å². The average Bonchev–Trinajstić information content (AvgIpc) is 3.21. The zero-order valence-electron chi connectivity index (χ0n) is 15.1. The third-order valence-electron chi connectivity index (χ3n) is 5.70. The van der Waals surface area contributed by atoms with Gasteiger partial charge >= 0.3 is 0 Å². The molecule has 0 aliphatic carbocycles. The van der Waals surface area contributed by atoms with Gasteiger partial charge in [-0.05, 0) is 37.4 Å². The minimum atomic E-state index is 0.509. The van der Waals surface area contributed by atoms with Crippen LogP contribution < -0.4 is 5.32 Å². The first-order valence-electron chi connectivity index (χ1n) is 9.62. The van der Waals surface area contributed by atoms with E-state index >= 15 is 0 Å². The van der Waals surface area contributed by atoms with E-state index in [0.717, 1.165) is 45.0 Å². The summed E-state index contributed by atoms with van der Waals surface area (Å²) in [6.45, 7) is 7.72. The van der Waals surface area contributed by atoms with Gasteiger partial charge in [-0.1, -0.05) is 37.3 Å². The summed E-state index contributed by atoms with van der Waals surface area (Å²) in [6, 6.07) is 10.8. The molecular weight excluding hydrogens is 308 g/mol. The van der Waals surface area contributed by atoms with Gasteiger partial charge in [0.2, 0.25) is 0 Å². The number of aromatic nitrogens is 2. The normalized spacial score (nSPS) is 21.9. The molecule has 1 N–H and O–H groups in total. The summed E-state index contributed by atoms with van der Waals surface area (Å²) in [7, 11) is 0. The molecule has 1 aromatic heterocycles. The number of nitrogens with zero attached hydrogens (tertiary/aromatic N) is 3. The lowest BCUT2D eigenvalue weighted by atomic mass is 9.97. The van der Waals surface area contributed by atoms with Crippen LogP contribution in [0.1, 0.15) is 54.2 Å². The molecule has 2 aromatic rings.